The Hall–Kier alpha value is -2.34. The third-order valence-corrected chi connectivity index (χ3v) is 4.71. The number of nitrogens with zero attached hydrogens (tertiary/aromatic N) is 1. The molecular weight excluding hydrogens is 351 g/mol. The van der Waals surface area contributed by atoms with Gasteiger partial charge in [0, 0.05) is 30.1 Å². The Kier molecular flexibility index (Phi) is 7.21. The number of halogens is 1. The van der Waals surface area contributed by atoms with Crippen LogP contribution in [0, 0.1) is 5.82 Å². The first kappa shape index (κ1) is 20.0. The van der Waals surface area contributed by atoms with Gasteiger partial charge in [-0.2, -0.15) is 0 Å². The number of rotatable bonds is 7. The molecular formula is C20H23FN2O2S. The molecule has 0 aliphatic heterocycles. The Balaban J connectivity index is 2.09. The van der Waals surface area contributed by atoms with Crippen LogP contribution in [0.15, 0.2) is 53.4 Å². The highest BCUT2D eigenvalue weighted by Gasteiger charge is 2.18. The van der Waals surface area contributed by atoms with E-state index in [-0.39, 0.29) is 36.0 Å². The molecule has 0 aliphatic carbocycles. The minimum atomic E-state index is -0.333. The van der Waals surface area contributed by atoms with Gasteiger partial charge in [0.2, 0.25) is 5.91 Å². The van der Waals surface area contributed by atoms with Gasteiger partial charge in [-0.05, 0) is 32.0 Å². The summed E-state index contributed by atoms with van der Waals surface area (Å²) in [5.41, 5.74) is 0.971. The minimum absolute atomic E-state index is 0.0758. The van der Waals surface area contributed by atoms with Crippen LogP contribution in [0.3, 0.4) is 0 Å². The van der Waals surface area contributed by atoms with Gasteiger partial charge in [0.15, 0.2) is 0 Å². The number of benzene rings is 2. The van der Waals surface area contributed by atoms with E-state index in [1.54, 1.807) is 37.4 Å². The maximum atomic E-state index is 13.8. The molecule has 4 nitrogen and oxygen atoms in total. The zero-order chi connectivity index (χ0) is 19.1. The van der Waals surface area contributed by atoms with Crippen molar-refractivity contribution >= 4 is 23.6 Å². The molecule has 0 bridgehead atoms. The predicted octanol–water partition coefficient (Wildman–Crippen LogP) is 3.71. The van der Waals surface area contributed by atoms with Gasteiger partial charge < -0.3 is 10.2 Å². The average Bonchev–Trinajstić information content (AvgIpc) is 2.61. The summed E-state index contributed by atoms with van der Waals surface area (Å²) in [7, 11) is 1.64. The standard InChI is InChI=1S/C20H23FN2O2S/c1-14(2)22-19(24)13-26-18-11-7-5-9-16(18)20(25)23(3)12-15-8-4-6-10-17(15)21/h4-11,14H,12-13H2,1-3H3,(H,22,24). The van der Waals surface area contributed by atoms with E-state index in [0.717, 1.165) is 4.90 Å². The lowest BCUT2D eigenvalue weighted by Crippen LogP contribution is -2.31. The van der Waals surface area contributed by atoms with Crippen LogP contribution in [-0.2, 0) is 11.3 Å². The van der Waals surface area contributed by atoms with Crippen LogP contribution >= 0.6 is 11.8 Å². The molecule has 0 spiro atoms. The molecule has 2 aromatic carbocycles. The number of thioether (sulfide) groups is 1. The summed E-state index contributed by atoms with van der Waals surface area (Å²) in [5.74, 6) is -0.382. The first-order valence-corrected chi connectivity index (χ1v) is 9.37. The highest BCUT2D eigenvalue weighted by Crippen LogP contribution is 2.24. The largest absolute Gasteiger partial charge is 0.353 e. The molecule has 1 N–H and O–H groups in total. The van der Waals surface area contributed by atoms with Gasteiger partial charge >= 0.3 is 0 Å². The Morgan fingerprint density at radius 3 is 2.46 bits per heavy atom. The van der Waals surface area contributed by atoms with Crippen molar-refractivity contribution in [2.75, 3.05) is 12.8 Å². The van der Waals surface area contributed by atoms with Crippen molar-refractivity contribution in [1.82, 2.24) is 10.2 Å². The highest BCUT2D eigenvalue weighted by molar-refractivity contribution is 8.00. The molecule has 0 fully saturated rings. The van der Waals surface area contributed by atoms with Gasteiger partial charge in [-0.25, -0.2) is 4.39 Å². The quantitative estimate of drug-likeness (QED) is 0.752. The molecule has 6 heteroatoms. The van der Waals surface area contributed by atoms with Crippen LogP contribution < -0.4 is 5.32 Å². The fourth-order valence-electron chi connectivity index (χ4n) is 2.44. The van der Waals surface area contributed by atoms with Crippen LogP contribution in [0.5, 0.6) is 0 Å². The molecule has 0 atom stereocenters. The third-order valence-electron chi connectivity index (χ3n) is 3.64. The monoisotopic (exact) mass is 374 g/mol. The molecule has 2 rings (SSSR count). The Labute approximate surface area is 157 Å². The summed E-state index contributed by atoms with van der Waals surface area (Å²) < 4.78 is 13.8. The van der Waals surface area contributed by atoms with Gasteiger partial charge in [-0.3, -0.25) is 9.59 Å². The Bertz CT molecular complexity index is 780. The summed E-state index contributed by atoms with van der Waals surface area (Å²) in [5, 5.41) is 2.83. The molecule has 138 valence electrons. The lowest BCUT2D eigenvalue weighted by molar-refractivity contribution is -0.119. The average molecular weight is 374 g/mol. The van der Waals surface area contributed by atoms with E-state index in [9.17, 15) is 14.0 Å². The van der Waals surface area contributed by atoms with Gasteiger partial charge in [0.1, 0.15) is 5.82 Å². The van der Waals surface area contributed by atoms with Crippen LogP contribution in [0.4, 0.5) is 4.39 Å². The fourth-order valence-corrected chi connectivity index (χ4v) is 3.29. The molecule has 2 aromatic rings. The van der Waals surface area contributed by atoms with E-state index >= 15 is 0 Å². The van der Waals surface area contributed by atoms with E-state index in [1.165, 1.54) is 22.7 Å². The van der Waals surface area contributed by atoms with E-state index in [1.807, 2.05) is 26.0 Å². The van der Waals surface area contributed by atoms with Crippen molar-refractivity contribution in [1.29, 1.82) is 0 Å². The van der Waals surface area contributed by atoms with E-state index < -0.39 is 0 Å². The molecule has 0 aromatic heterocycles. The topological polar surface area (TPSA) is 49.4 Å². The molecule has 0 heterocycles. The summed E-state index contributed by atoms with van der Waals surface area (Å²) in [6, 6.07) is 13.6. The lowest BCUT2D eigenvalue weighted by Gasteiger charge is -2.19. The number of amides is 2. The van der Waals surface area contributed by atoms with Crippen LogP contribution in [0.25, 0.3) is 0 Å². The number of carbonyl (C=O) groups excluding carboxylic acids is 2. The Morgan fingerprint density at radius 2 is 1.77 bits per heavy atom. The van der Waals surface area contributed by atoms with Crippen molar-refractivity contribution < 1.29 is 14.0 Å². The highest BCUT2D eigenvalue weighted by atomic mass is 32.2. The van der Waals surface area contributed by atoms with E-state index in [0.29, 0.717) is 11.1 Å². The maximum absolute atomic E-state index is 13.8. The number of hydrogen-bond acceptors (Lipinski definition) is 3. The second-order valence-electron chi connectivity index (χ2n) is 6.26. The predicted molar refractivity (Wildman–Crippen MR) is 103 cm³/mol. The molecule has 0 aliphatic rings. The van der Waals surface area contributed by atoms with Crippen molar-refractivity contribution in [3.8, 4) is 0 Å². The van der Waals surface area contributed by atoms with Crippen LogP contribution in [0.1, 0.15) is 29.8 Å². The van der Waals surface area contributed by atoms with Gasteiger partial charge in [0.25, 0.3) is 5.91 Å². The molecule has 26 heavy (non-hydrogen) atoms. The van der Waals surface area contributed by atoms with Crippen molar-refractivity contribution in [3.63, 3.8) is 0 Å². The van der Waals surface area contributed by atoms with Gasteiger partial charge in [-0.1, -0.05) is 30.3 Å². The van der Waals surface area contributed by atoms with Gasteiger partial charge in [-0.15, -0.1) is 11.8 Å². The molecule has 0 saturated heterocycles. The lowest BCUT2D eigenvalue weighted by atomic mass is 10.1. The first-order chi connectivity index (χ1) is 12.4. The van der Waals surface area contributed by atoms with Crippen LogP contribution in [-0.4, -0.2) is 35.6 Å². The number of hydrogen-bond donors (Lipinski definition) is 1. The van der Waals surface area contributed by atoms with Gasteiger partial charge in [0.05, 0.1) is 11.3 Å². The van der Waals surface area contributed by atoms with Crippen LogP contribution in [0.2, 0.25) is 0 Å². The summed E-state index contributed by atoms with van der Waals surface area (Å²) in [6.45, 7) is 3.98. The normalized spacial score (nSPS) is 10.7. The second kappa shape index (κ2) is 9.38. The zero-order valence-corrected chi connectivity index (χ0v) is 16.0. The smallest absolute Gasteiger partial charge is 0.255 e. The maximum Gasteiger partial charge on any atom is 0.255 e. The van der Waals surface area contributed by atoms with E-state index in [2.05, 4.69) is 5.32 Å². The SMILES string of the molecule is CC(C)NC(=O)CSc1ccccc1C(=O)N(C)Cc1ccccc1F. The summed E-state index contributed by atoms with van der Waals surface area (Å²) in [4.78, 5) is 26.9. The molecule has 0 saturated carbocycles. The van der Waals surface area contributed by atoms with Crippen molar-refractivity contribution in [2.45, 2.75) is 31.3 Å². The third kappa shape index (κ3) is 5.59. The molecule has 2 amide bonds. The second-order valence-corrected chi connectivity index (χ2v) is 7.28. The molecule has 0 radical (unpaired) electrons. The van der Waals surface area contributed by atoms with Crippen molar-refractivity contribution in [2.24, 2.45) is 0 Å². The zero-order valence-electron chi connectivity index (χ0n) is 15.2. The minimum Gasteiger partial charge on any atom is -0.353 e. The van der Waals surface area contributed by atoms with E-state index in [4.69, 9.17) is 0 Å². The number of carbonyl (C=O) groups is 2. The summed E-state index contributed by atoms with van der Waals surface area (Å²) in [6.07, 6.45) is 0. The van der Waals surface area contributed by atoms with Crippen molar-refractivity contribution in [3.05, 3.63) is 65.5 Å². The molecule has 0 unspecified atom stereocenters. The number of nitrogens with one attached hydrogen (secondary N) is 1. The first-order valence-electron chi connectivity index (χ1n) is 8.38. The Morgan fingerprint density at radius 1 is 1.12 bits per heavy atom. The summed E-state index contributed by atoms with van der Waals surface area (Å²) >= 11 is 1.32. The fraction of sp³-hybridized carbons (Fsp3) is 0.300.